The summed E-state index contributed by atoms with van der Waals surface area (Å²) in [6.45, 7) is 5.54. The summed E-state index contributed by atoms with van der Waals surface area (Å²) in [6.07, 6.45) is 0. The van der Waals surface area contributed by atoms with Gasteiger partial charge in [-0.2, -0.15) is 0 Å². The van der Waals surface area contributed by atoms with Gasteiger partial charge in [0.15, 0.2) is 5.82 Å². The summed E-state index contributed by atoms with van der Waals surface area (Å²) in [7, 11) is 0. The maximum Gasteiger partial charge on any atom is 0.169 e. The average molecular weight is 244 g/mol. The number of nitrogen functional groups attached to an aromatic ring is 1. The summed E-state index contributed by atoms with van der Waals surface area (Å²) >= 11 is 0. The van der Waals surface area contributed by atoms with Crippen LogP contribution in [0.15, 0.2) is 18.2 Å². The number of ether oxygens (including phenoxy) is 1. The van der Waals surface area contributed by atoms with Crippen LogP contribution in [0.2, 0.25) is 0 Å². The summed E-state index contributed by atoms with van der Waals surface area (Å²) in [6, 6.07) is 6.22. The molecule has 5 heteroatoms. The fourth-order valence-corrected chi connectivity index (χ4v) is 2.32. The van der Waals surface area contributed by atoms with Gasteiger partial charge in [-0.1, -0.05) is 25.1 Å². The molecule has 0 saturated carbocycles. The lowest BCUT2D eigenvalue weighted by Gasteiger charge is -2.10. The fraction of sp³-hybridized carbons (Fsp3) is 0.385. The van der Waals surface area contributed by atoms with Crippen LogP contribution in [0.3, 0.4) is 0 Å². The summed E-state index contributed by atoms with van der Waals surface area (Å²) in [5, 5.41) is 8.10. The van der Waals surface area contributed by atoms with E-state index in [4.69, 9.17) is 10.5 Å². The first-order valence-electron chi connectivity index (χ1n) is 6.08. The van der Waals surface area contributed by atoms with E-state index in [0.717, 1.165) is 11.4 Å². The van der Waals surface area contributed by atoms with Crippen molar-refractivity contribution in [2.75, 3.05) is 5.73 Å². The first-order valence-corrected chi connectivity index (χ1v) is 6.08. The smallest absolute Gasteiger partial charge is 0.169 e. The molecular weight excluding hydrogens is 228 g/mol. The second-order valence-corrected chi connectivity index (χ2v) is 4.87. The van der Waals surface area contributed by atoms with E-state index in [1.165, 1.54) is 11.1 Å². The predicted octanol–water partition coefficient (Wildman–Crippen LogP) is 2.00. The summed E-state index contributed by atoms with van der Waals surface area (Å²) < 4.78 is 7.24. The summed E-state index contributed by atoms with van der Waals surface area (Å²) in [5.41, 5.74) is 10.3. The zero-order valence-corrected chi connectivity index (χ0v) is 10.6. The van der Waals surface area contributed by atoms with Crippen LogP contribution < -0.4 is 5.73 Å². The minimum Gasteiger partial charge on any atom is -0.381 e. The number of aromatic nitrogens is 3. The first kappa shape index (κ1) is 11.2. The first-order chi connectivity index (χ1) is 8.66. The number of hydrogen-bond acceptors (Lipinski definition) is 4. The molecule has 1 aromatic carbocycles. The Morgan fingerprint density at radius 1 is 1.28 bits per heavy atom. The molecule has 0 fully saturated rings. The van der Waals surface area contributed by atoms with Gasteiger partial charge < -0.3 is 10.5 Å². The Kier molecular flexibility index (Phi) is 2.56. The molecule has 0 amide bonds. The van der Waals surface area contributed by atoms with Gasteiger partial charge in [0, 0.05) is 0 Å². The van der Waals surface area contributed by atoms with Crippen LogP contribution in [0, 0.1) is 0 Å². The molecule has 5 nitrogen and oxygen atoms in total. The van der Waals surface area contributed by atoms with E-state index in [-0.39, 0.29) is 5.92 Å². The second kappa shape index (κ2) is 4.10. The molecule has 18 heavy (non-hydrogen) atoms. The van der Waals surface area contributed by atoms with Crippen LogP contribution in [-0.2, 0) is 18.0 Å². The van der Waals surface area contributed by atoms with Crippen molar-refractivity contribution >= 4 is 5.82 Å². The molecule has 2 aromatic rings. The molecule has 0 aliphatic carbocycles. The Balaban J connectivity index is 2.10. The van der Waals surface area contributed by atoms with Crippen molar-refractivity contribution in [3.63, 3.8) is 0 Å². The van der Waals surface area contributed by atoms with Crippen LogP contribution in [-0.4, -0.2) is 15.0 Å². The minimum atomic E-state index is 0.282. The quantitative estimate of drug-likeness (QED) is 0.877. The molecule has 2 N–H and O–H groups in total. The number of benzene rings is 1. The van der Waals surface area contributed by atoms with E-state index in [1.807, 2.05) is 10.7 Å². The average Bonchev–Trinajstić information content (AvgIpc) is 2.93. The van der Waals surface area contributed by atoms with Gasteiger partial charge in [-0.05, 0) is 29.2 Å². The normalized spacial score (nSPS) is 14.2. The maximum atomic E-state index is 5.87. The van der Waals surface area contributed by atoms with Gasteiger partial charge in [0.25, 0.3) is 0 Å². The van der Waals surface area contributed by atoms with Gasteiger partial charge in [0.05, 0.1) is 24.6 Å². The van der Waals surface area contributed by atoms with Crippen LogP contribution >= 0.6 is 0 Å². The highest BCUT2D eigenvalue weighted by molar-refractivity contribution is 5.46. The molecule has 0 saturated heterocycles. The SMILES string of the molecule is CC(C)c1c(N)nnn1-c1ccc2c(c1)COC2. The third-order valence-corrected chi connectivity index (χ3v) is 3.23. The largest absolute Gasteiger partial charge is 0.381 e. The zero-order chi connectivity index (χ0) is 12.7. The monoisotopic (exact) mass is 244 g/mol. The molecule has 1 aliphatic heterocycles. The van der Waals surface area contributed by atoms with Crippen molar-refractivity contribution in [1.82, 2.24) is 15.0 Å². The molecule has 0 radical (unpaired) electrons. The van der Waals surface area contributed by atoms with Gasteiger partial charge in [0.1, 0.15) is 0 Å². The highest BCUT2D eigenvalue weighted by Gasteiger charge is 2.17. The van der Waals surface area contributed by atoms with Crippen molar-refractivity contribution in [2.45, 2.75) is 33.0 Å². The van der Waals surface area contributed by atoms with Gasteiger partial charge in [-0.25, -0.2) is 4.68 Å². The number of nitrogens with zero attached hydrogens (tertiary/aromatic N) is 3. The third kappa shape index (κ3) is 1.67. The van der Waals surface area contributed by atoms with Crippen molar-refractivity contribution < 1.29 is 4.74 Å². The summed E-state index contributed by atoms with van der Waals surface area (Å²) in [5.74, 6) is 0.784. The van der Waals surface area contributed by atoms with Crippen molar-refractivity contribution in [1.29, 1.82) is 0 Å². The molecule has 3 rings (SSSR count). The molecule has 2 heterocycles. The molecule has 0 spiro atoms. The third-order valence-electron chi connectivity index (χ3n) is 3.23. The molecule has 0 bridgehead atoms. The van der Waals surface area contributed by atoms with E-state index in [1.54, 1.807) is 0 Å². The van der Waals surface area contributed by atoms with Crippen molar-refractivity contribution in [3.05, 3.63) is 35.0 Å². The van der Waals surface area contributed by atoms with Crippen molar-refractivity contribution in [2.24, 2.45) is 0 Å². The molecule has 0 unspecified atom stereocenters. The number of nitrogens with two attached hydrogens (primary N) is 1. The lowest BCUT2D eigenvalue weighted by Crippen LogP contribution is -2.06. The minimum absolute atomic E-state index is 0.282. The molecule has 1 aromatic heterocycles. The van der Waals surface area contributed by atoms with E-state index in [2.05, 4.69) is 36.3 Å². The van der Waals surface area contributed by atoms with Gasteiger partial charge in [0.2, 0.25) is 0 Å². The second-order valence-electron chi connectivity index (χ2n) is 4.87. The predicted molar refractivity (Wildman–Crippen MR) is 68.4 cm³/mol. The van der Waals surface area contributed by atoms with Gasteiger partial charge in [-0.3, -0.25) is 0 Å². The number of anilines is 1. The van der Waals surface area contributed by atoms with E-state index in [9.17, 15) is 0 Å². The highest BCUT2D eigenvalue weighted by atomic mass is 16.5. The molecular formula is C13H16N4O. The van der Waals surface area contributed by atoms with E-state index in [0.29, 0.717) is 19.0 Å². The lowest BCUT2D eigenvalue weighted by atomic mass is 10.1. The van der Waals surface area contributed by atoms with Gasteiger partial charge in [-0.15, -0.1) is 5.10 Å². The lowest BCUT2D eigenvalue weighted by molar-refractivity contribution is 0.134. The van der Waals surface area contributed by atoms with Crippen LogP contribution in [0.4, 0.5) is 5.82 Å². The standard InChI is InChI=1S/C13H16N4O/c1-8(2)12-13(14)15-16-17(12)11-4-3-9-6-18-7-10(9)5-11/h3-5,8H,6-7,14H2,1-2H3. The van der Waals surface area contributed by atoms with Crippen LogP contribution in [0.25, 0.3) is 5.69 Å². The maximum absolute atomic E-state index is 5.87. The Morgan fingerprint density at radius 2 is 2.06 bits per heavy atom. The van der Waals surface area contributed by atoms with Gasteiger partial charge >= 0.3 is 0 Å². The highest BCUT2D eigenvalue weighted by Crippen LogP contribution is 2.26. The molecule has 1 aliphatic rings. The van der Waals surface area contributed by atoms with Crippen molar-refractivity contribution in [3.8, 4) is 5.69 Å². The topological polar surface area (TPSA) is 66.0 Å². The number of hydrogen-bond donors (Lipinski definition) is 1. The van der Waals surface area contributed by atoms with Crippen LogP contribution in [0.1, 0.15) is 36.6 Å². The van der Waals surface area contributed by atoms with E-state index < -0.39 is 0 Å². The Morgan fingerprint density at radius 3 is 2.83 bits per heavy atom. The Hall–Kier alpha value is -1.88. The molecule has 0 atom stereocenters. The van der Waals surface area contributed by atoms with Crippen LogP contribution in [0.5, 0.6) is 0 Å². The molecule has 94 valence electrons. The Labute approximate surface area is 106 Å². The fourth-order valence-electron chi connectivity index (χ4n) is 2.32. The zero-order valence-electron chi connectivity index (χ0n) is 10.6. The number of rotatable bonds is 2. The summed E-state index contributed by atoms with van der Waals surface area (Å²) in [4.78, 5) is 0. The number of fused-ring (bicyclic) bond motifs is 1. The Bertz CT molecular complexity index is 589. The van der Waals surface area contributed by atoms with E-state index >= 15 is 0 Å².